The van der Waals surface area contributed by atoms with Crippen LogP contribution in [0.1, 0.15) is 73.3 Å². The minimum atomic E-state index is -2.93. The fourth-order valence-electron chi connectivity index (χ4n) is 4.16. The Balaban J connectivity index is 1.94. The van der Waals surface area contributed by atoms with Crippen molar-refractivity contribution in [2.24, 2.45) is 0 Å². The average Bonchev–Trinajstić information content (AvgIpc) is 3.05. The van der Waals surface area contributed by atoms with E-state index in [-0.39, 0.29) is 29.6 Å². The first kappa shape index (κ1) is 32.5. The second-order valence-corrected chi connectivity index (χ2v) is 17.9. The van der Waals surface area contributed by atoms with Crippen molar-refractivity contribution >= 4 is 15.4 Å². The number of pyridine rings is 1. The Hall–Kier alpha value is -2.01. The molecule has 2 aromatic rings. The lowest BCUT2D eigenvalue weighted by atomic mass is 9.75. The zero-order chi connectivity index (χ0) is 29.9. The van der Waals surface area contributed by atoms with E-state index < -0.39 is 26.1 Å². The minimum absolute atomic E-state index is 0.0118. The zero-order valence-corrected chi connectivity index (χ0v) is 26.8. The molecule has 0 radical (unpaired) electrons. The molecule has 1 saturated heterocycles. The molecule has 1 aliphatic heterocycles. The first-order chi connectivity index (χ1) is 18.5. The van der Waals surface area contributed by atoms with Gasteiger partial charge in [0.15, 0.2) is 19.8 Å². The van der Waals surface area contributed by atoms with E-state index in [1.165, 1.54) is 6.07 Å². The van der Waals surface area contributed by atoms with Gasteiger partial charge in [0.2, 0.25) is 0 Å². The van der Waals surface area contributed by atoms with Crippen LogP contribution < -0.4 is 9.47 Å². The Kier molecular flexibility index (Phi) is 10.1. The monoisotopic (exact) mass is 577 g/mol. The van der Waals surface area contributed by atoms with Crippen LogP contribution in [0.3, 0.4) is 0 Å². The van der Waals surface area contributed by atoms with Crippen LogP contribution in [0, 0.1) is 0 Å². The lowest BCUT2D eigenvalue weighted by Gasteiger charge is -2.37. The predicted molar refractivity (Wildman–Crippen MR) is 159 cm³/mol. The second-order valence-electron chi connectivity index (χ2n) is 13.1. The molecule has 1 aromatic carbocycles. The van der Waals surface area contributed by atoms with E-state index in [1.807, 2.05) is 13.1 Å². The molecule has 0 N–H and O–H groups in total. The first-order valence-corrected chi connectivity index (χ1v) is 17.0. The number of hydrogen-bond donors (Lipinski definition) is 0. The first-order valence-electron chi connectivity index (χ1n) is 14.1. The summed E-state index contributed by atoms with van der Waals surface area (Å²) in [7, 11) is -2.41. The van der Waals surface area contributed by atoms with Crippen molar-refractivity contribution in [1.82, 2.24) is 4.98 Å². The van der Waals surface area contributed by atoms with Crippen LogP contribution in [-0.2, 0) is 13.7 Å². The number of alkyl halides is 2. The molecule has 1 aliphatic rings. The summed E-state index contributed by atoms with van der Waals surface area (Å²) in [6, 6.07) is 7.06. The molecule has 1 unspecified atom stereocenters. The van der Waals surface area contributed by atoms with E-state index in [2.05, 4.69) is 77.3 Å². The Morgan fingerprint density at radius 2 is 1.62 bits per heavy atom. The normalized spacial score (nSPS) is 17.8. The van der Waals surface area contributed by atoms with Crippen LogP contribution in [-0.4, -0.2) is 51.4 Å². The zero-order valence-electron chi connectivity index (χ0n) is 25.8. The summed E-state index contributed by atoms with van der Waals surface area (Å²) in [5, 5.41) is 0.0684. The Morgan fingerprint density at radius 1 is 0.975 bits per heavy atom. The van der Waals surface area contributed by atoms with Crippen LogP contribution in [0.4, 0.5) is 8.78 Å². The van der Waals surface area contributed by atoms with E-state index in [9.17, 15) is 8.78 Å². The highest BCUT2D eigenvalue weighted by Gasteiger charge is 2.51. The summed E-state index contributed by atoms with van der Waals surface area (Å²) < 4.78 is 55.7. The molecular formula is C30H46BF2NO5Si. The smallest absolute Gasteiger partial charge is 0.458 e. The number of halogens is 2. The summed E-state index contributed by atoms with van der Waals surface area (Å²) in [4.78, 5) is 4.55. The maximum atomic E-state index is 13.0. The van der Waals surface area contributed by atoms with E-state index in [0.717, 1.165) is 23.1 Å². The van der Waals surface area contributed by atoms with Crippen LogP contribution >= 0.6 is 0 Å². The number of rotatable bonds is 12. The van der Waals surface area contributed by atoms with Gasteiger partial charge >= 0.3 is 13.7 Å². The van der Waals surface area contributed by atoms with Gasteiger partial charge in [-0.25, -0.2) is 0 Å². The van der Waals surface area contributed by atoms with Gasteiger partial charge in [-0.3, -0.25) is 4.98 Å². The third-order valence-corrected chi connectivity index (χ3v) is 12.9. The van der Waals surface area contributed by atoms with Crippen molar-refractivity contribution in [1.29, 1.82) is 0 Å². The van der Waals surface area contributed by atoms with Gasteiger partial charge in [0.25, 0.3) is 0 Å². The molecule has 10 heteroatoms. The Bertz CT molecular complexity index is 1120. The van der Waals surface area contributed by atoms with Crippen LogP contribution in [0.5, 0.6) is 11.5 Å². The van der Waals surface area contributed by atoms with E-state index >= 15 is 0 Å². The van der Waals surface area contributed by atoms with Gasteiger partial charge in [-0.15, -0.1) is 0 Å². The summed E-state index contributed by atoms with van der Waals surface area (Å²) in [6.45, 7) is 19.3. The molecule has 6 nitrogen and oxygen atoms in total. The molecule has 40 heavy (non-hydrogen) atoms. The van der Waals surface area contributed by atoms with Gasteiger partial charge in [0.05, 0.1) is 17.8 Å². The maximum absolute atomic E-state index is 13.0. The SMILES string of the molecule is CCCOc1cc(-c2cncc(C(CO[Si](C)(C)C(C)(C)C)CB3OC(C)(C)C(C)(C)O3)c2)ccc1OC(F)F. The minimum Gasteiger partial charge on any atom is -0.490 e. The van der Waals surface area contributed by atoms with Crippen molar-refractivity contribution in [3.8, 4) is 22.6 Å². The molecule has 0 bridgehead atoms. The van der Waals surface area contributed by atoms with Crippen molar-refractivity contribution in [3.05, 3.63) is 42.2 Å². The number of benzene rings is 1. The Morgan fingerprint density at radius 3 is 2.20 bits per heavy atom. The molecule has 222 valence electrons. The molecule has 0 amide bonds. The lowest BCUT2D eigenvalue weighted by molar-refractivity contribution is -0.0514. The van der Waals surface area contributed by atoms with Crippen LogP contribution in [0.2, 0.25) is 24.5 Å². The molecular weight excluding hydrogens is 531 g/mol. The largest absolute Gasteiger partial charge is 0.490 e. The van der Waals surface area contributed by atoms with E-state index in [0.29, 0.717) is 19.5 Å². The predicted octanol–water partition coefficient (Wildman–Crippen LogP) is 8.34. The number of ether oxygens (including phenoxy) is 2. The molecule has 0 saturated carbocycles. The fraction of sp³-hybridized carbons (Fsp3) is 0.633. The highest BCUT2D eigenvalue weighted by atomic mass is 28.4. The highest BCUT2D eigenvalue weighted by molar-refractivity contribution is 6.74. The van der Waals surface area contributed by atoms with Crippen molar-refractivity contribution < 1.29 is 32.0 Å². The highest BCUT2D eigenvalue weighted by Crippen LogP contribution is 2.42. The molecule has 0 spiro atoms. The number of aromatic nitrogens is 1. The third kappa shape index (κ3) is 7.84. The number of nitrogens with zero attached hydrogens (tertiary/aromatic N) is 1. The van der Waals surface area contributed by atoms with E-state index in [1.54, 1.807) is 18.3 Å². The third-order valence-electron chi connectivity index (χ3n) is 8.42. The topological polar surface area (TPSA) is 59.0 Å². The van der Waals surface area contributed by atoms with Crippen LogP contribution in [0.25, 0.3) is 11.1 Å². The molecule has 0 aliphatic carbocycles. The quantitative estimate of drug-likeness (QED) is 0.236. The summed E-state index contributed by atoms with van der Waals surface area (Å²) >= 11 is 0. The van der Waals surface area contributed by atoms with E-state index in [4.69, 9.17) is 18.5 Å². The average molecular weight is 578 g/mol. The number of hydrogen-bond acceptors (Lipinski definition) is 6. The molecule has 3 rings (SSSR count). The van der Waals surface area contributed by atoms with Gasteiger partial charge in [-0.05, 0) is 87.9 Å². The summed E-state index contributed by atoms with van der Waals surface area (Å²) in [6.07, 6.45) is 4.97. The van der Waals surface area contributed by atoms with Crippen molar-refractivity contribution in [2.75, 3.05) is 13.2 Å². The Labute approximate surface area is 240 Å². The molecule has 1 fully saturated rings. The van der Waals surface area contributed by atoms with Crippen LogP contribution in [0.15, 0.2) is 36.7 Å². The second kappa shape index (κ2) is 12.5. The van der Waals surface area contributed by atoms with Crippen molar-refractivity contribution in [3.63, 3.8) is 0 Å². The van der Waals surface area contributed by atoms with Gasteiger partial charge in [0.1, 0.15) is 0 Å². The molecule has 1 atom stereocenters. The standard InChI is InChI=1S/C30H46BF2NO5Si/c1-11-14-35-26-16-21(12-13-25(26)37-27(32)33)22-15-23(19-34-18-22)24(20-36-40(9,10)28(2,3)4)17-31-38-29(5,6)30(7,8)39-31/h12-13,15-16,18-19,24,27H,11,14,17,20H2,1-10H3. The van der Waals surface area contributed by atoms with Gasteiger partial charge in [-0.1, -0.05) is 33.8 Å². The van der Waals surface area contributed by atoms with Gasteiger partial charge < -0.3 is 23.2 Å². The summed E-state index contributed by atoms with van der Waals surface area (Å²) in [5.41, 5.74) is 1.77. The summed E-state index contributed by atoms with van der Waals surface area (Å²) in [5.74, 6) is 0.256. The molecule has 2 heterocycles. The van der Waals surface area contributed by atoms with Gasteiger partial charge in [0, 0.05) is 30.5 Å². The molecule has 1 aromatic heterocycles. The van der Waals surface area contributed by atoms with Crippen molar-refractivity contribution in [2.45, 2.75) is 110 Å². The fourth-order valence-corrected chi connectivity index (χ4v) is 5.21. The lowest BCUT2D eigenvalue weighted by Crippen LogP contribution is -2.42. The maximum Gasteiger partial charge on any atom is 0.458 e. The van der Waals surface area contributed by atoms with Gasteiger partial charge in [-0.2, -0.15) is 8.78 Å².